The highest BCUT2D eigenvalue weighted by atomic mass is 16.4. The van der Waals surface area contributed by atoms with Crippen molar-refractivity contribution in [3.8, 4) is 0 Å². The Morgan fingerprint density at radius 2 is 1.04 bits per heavy atom. The molecule has 9 nitrogen and oxygen atoms in total. The zero-order chi connectivity index (χ0) is 19.5. The van der Waals surface area contributed by atoms with Gasteiger partial charge in [-0.05, 0) is 12.8 Å². The second-order valence-corrected chi connectivity index (χ2v) is 5.33. The fourth-order valence-corrected chi connectivity index (χ4v) is 1.77. The zero-order valence-corrected chi connectivity index (χ0v) is 14.4. The summed E-state index contributed by atoms with van der Waals surface area (Å²) in [5.74, 6) is -1.78. The summed E-state index contributed by atoms with van der Waals surface area (Å²) in [5, 5.41) is 34.1. The number of aliphatic hydroxyl groups is 2. The van der Waals surface area contributed by atoms with Crippen LogP contribution in [0.5, 0.6) is 0 Å². The van der Waals surface area contributed by atoms with Gasteiger partial charge in [0.15, 0.2) is 0 Å². The van der Waals surface area contributed by atoms with Crippen LogP contribution in [0.4, 0.5) is 0 Å². The van der Waals surface area contributed by atoms with E-state index in [0.717, 1.165) is 38.5 Å². The molecule has 0 aliphatic carbocycles. The molecule has 1 aliphatic heterocycles. The zero-order valence-electron chi connectivity index (χ0n) is 14.4. The Hall–Kier alpha value is -2.00. The van der Waals surface area contributed by atoms with E-state index in [1.807, 2.05) is 0 Å². The first-order chi connectivity index (χ1) is 11.8. The molecule has 5 N–H and O–H groups in total. The highest BCUT2D eigenvalue weighted by Gasteiger charge is 2.15. The van der Waals surface area contributed by atoms with Crippen molar-refractivity contribution in [1.82, 2.24) is 5.32 Å². The SMILES string of the molecule is O=C(O)CCCCCCCCC(=O)O.O=C1CCC(=O)N1.OCCO. The lowest BCUT2D eigenvalue weighted by Gasteiger charge is -1.98. The van der Waals surface area contributed by atoms with Crippen molar-refractivity contribution >= 4 is 23.8 Å². The van der Waals surface area contributed by atoms with E-state index in [9.17, 15) is 19.2 Å². The summed E-state index contributed by atoms with van der Waals surface area (Å²) in [4.78, 5) is 40.5. The van der Waals surface area contributed by atoms with Gasteiger partial charge in [-0.3, -0.25) is 24.5 Å². The first-order valence-electron chi connectivity index (χ1n) is 8.31. The molecule has 0 aromatic rings. The second kappa shape index (κ2) is 18.3. The van der Waals surface area contributed by atoms with Gasteiger partial charge < -0.3 is 20.4 Å². The first-order valence-corrected chi connectivity index (χ1v) is 8.31. The maximum atomic E-state index is 10.1. The number of carbonyl (C=O) groups excluding carboxylic acids is 2. The van der Waals surface area contributed by atoms with Crippen LogP contribution in [0.1, 0.15) is 64.2 Å². The molecule has 25 heavy (non-hydrogen) atoms. The van der Waals surface area contributed by atoms with E-state index in [2.05, 4.69) is 5.32 Å². The molecule has 0 saturated carbocycles. The maximum absolute atomic E-state index is 10.1. The Balaban J connectivity index is 0. The number of carboxylic acids is 2. The molecule has 1 aliphatic rings. The number of hydrogen-bond acceptors (Lipinski definition) is 6. The van der Waals surface area contributed by atoms with Crippen molar-refractivity contribution in [1.29, 1.82) is 0 Å². The maximum Gasteiger partial charge on any atom is 0.303 e. The molecule has 2 amide bonds. The minimum Gasteiger partial charge on any atom is -0.481 e. The molecule has 146 valence electrons. The van der Waals surface area contributed by atoms with E-state index < -0.39 is 11.9 Å². The van der Waals surface area contributed by atoms with Crippen LogP contribution in [-0.2, 0) is 19.2 Å². The Kier molecular flexibility index (Phi) is 18.5. The van der Waals surface area contributed by atoms with Gasteiger partial charge in [0.1, 0.15) is 0 Å². The third-order valence-electron chi connectivity index (χ3n) is 2.99. The monoisotopic (exact) mass is 363 g/mol. The van der Waals surface area contributed by atoms with Crippen LogP contribution in [0.25, 0.3) is 0 Å². The fraction of sp³-hybridized carbons (Fsp3) is 0.750. The normalized spacial score (nSPS) is 12.4. The second-order valence-electron chi connectivity index (χ2n) is 5.33. The number of hydrogen-bond donors (Lipinski definition) is 5. The summed E-state index contributed by atoms with van der Waals surface area (Å²) < 4.78 is 0. The van der Waals surface area contributed by atoms with E-state index in [4.69, 9.17) is 20.4 Å². The number of imide groups is 1. The highest BCUT2D eigenvalue weighted by molar-refractivity contribution is 6.01. The third kappa shape index (κ3) is 24.4. The number of rotatable bonds is 10. The van der Waals surface area contributed by atoms with Crippen molar-refractivity contribution in [2.75, 3.05) is 13.2 Å². The van der Waals surface area contributed by atoms with Gasteiger partial charge >= 0.3 is 11.9 Å². The smallest absolute Gasteiger partial charge is 0.303 e. The lowest BCUT2D eigenvalue weighted by Crippen LogP contribution is -2.18. The number of nitrogens with one attached hydrogen (secondary N) is 1. The third-order valence-corrected chi connectivity index (χ3v) is 2.99. The summed E-state index contributed by atoms with van der Waals surface area (Å²) in [6.45, 7) is -0.250. The molecule has 1 fully saturated rings. The summed E-state index contributed by atoms with van der Waals surface area (Å²) in [5.41, 5.74) is 0. The average molecular weight is 363 g/mol. The minimum absolute atomic E-state index is 0.125. The van der Waals surface area contributed by atoms with Gasteiger partial charge in [-0.2, -0.15) is 0 Å². The van der Waals surface area contributed by atoms with E-state index in [0.29, 0.717) is 12.8 Å². The lowest BCUT2D eigenvalue weighted by molar-refractivity contribution is -0.138. The Bertz CT molecular complexity index is 362. The minimum atomic E-state index is -0.740. The predicted octanol–water partition coefficient (Wildman–Crippen LogP) is 0.670. The molecule has 1 heterocycles. The van der Waals surface area contributed by atoms with Crippen molar-refractivity contribution in [3.63, 3.8) is 0 Å². The molecule has 0 aromatic heterocycles. The Morgan fingerprint density at radius 1 is 0.720 bits per heavy atom. The largest absolute Gasteiger partial charge is 0.481 e. The van der Waals surface area contributed by atoms with Crippen LogP contribution in [-0.4, -0.2) is 57.4 Å². The van der Waals surface area contributed by atoms with E-state index in [1.54, 1.807) is 0 Å². The molecule has 0 aromatic carbocycles. The summed E-state index contributed by atoms with van der Waals surface area (Å²) in [7, 11) is 0. The van der Waals surface area contributed by atoms with Crippen LogP contribution in [0.15, 0.2) is 0 Å². The molecule has 1 saturated heterocycles. The predicted molar refractivity (Wildman–Crippen MR) is 88.8 cm³/mol. The number of aliphatic carboxylic acids is 2. The topological polar surface area (TPSA) is 161 Å². The molecule has 1 rings (SSSR count). The standard InChI is InChI=1S/C10H18O4.C4H5NO2.C2H6O2/c11-9(12)7-5-3-1-2-4-6-8-10(13)14;6-3-1-2-4(7)5-3;3-1-2-4/h1-8H2,(H,11,12)(H,13,14);1-2H2,(H,5,6,7);3-4H,1-2H2. The Labute approximate surface area is 147 Å². The molecule has 0 atom stereocenters. The average Bonchev–Trinajstić information content (AvgIpc) is 2.93. The number of unbranched alkanes of at least 4 members (excludes halogenated alkanes) is 5. The highest BCUT2D eigenvalue weighted by Crippen LogP contribution is 2.08. The van der Waals surface area contributed by atoms with Gasteiger partial charge in [-0.1, -0.05) is 25.7 Å². The molecule has 0 radical (unpaired) electrons. The molecular weight excluding hydrogens is 334 g/mol. The molecular formula is C16H29NO8. The summed E-state index contributed by atoms with van der Waals surface area (Å²) in [6, 6.07) is 0. The summed E-state index contributed by atoms with van der Waals surface area (Å²) >= 11 is 0. The van der Waals surface area contributed by atoms with Crippen molar-refractivity contribution in [2.45, 2.75) is 64.2 Å². The van der Waals surface area contributed by atoms with E-state index in [1.165, 1.54) is 0 Å². The van der Waals surface area contributed by atoms with Gasteiger partial charge in [0.25, 0.3) is 0 Å². The molecule has 9 heteroatoms. The van der Waals surface area contributed by atoms with Crippen LogP contribution in [0.3, 0.4) is 0 Å². The van der Waals surface area contributed by atoms with Gasteiger partial charge in [-0.25, -0.2) is 0 Å². The molecule has 0 unspecified atom stereocenters. The van der Waals surface area contributed by atoms with Gasteiger partial charge in [-0.15, -0.1) is 0 Å². The summed E-state index contributed by atoms with van der Waals surface area (Å²) in [6.07, 6.45) is 6.57. The molecule has 0 bridgehead atoms. The number of aliphatic hydroxyl groups excluding tert-OH is 2. The van der Waals surface area contributed by atoms with Crippen molar-refractivity contribution in [3.05, 3.63) is 0 Å². The van der Waals surface area contributed by atoms with Gasteiger partial charge in [0.2, 0.25) is 11.8 Å². The lowest BCUT2D eigenvalue weighted by atomic mass is 10.1. The van der Waals surface area contributed by atoms with E-state index in [-0.39, 0.29) is 37.9 Å². The van der Waals surface area contributed by atoms with E-state index >= 15 is 0 Å². The van der Waals surface area contributed by atoms with Crippen LogP contribution >= 0.6 is 0 Å². The quantitative estimate of drug-likeness (QED) is 0.279. The van der Waals surface area contributed by atoms with Gasteiger partial charge in [0, 0.05) is 25.7 Å². The fourth-order valence-electron chi connectivity index (χ4n) is 1.77. The van der Waals surface area contributed by atoms with Crippen molar-refractivity contribution < 1.29 is 39.6 Å². The number of amides is 2. The van der Waals surface area contributed by atoms with Crippen LogP contribution in [0, 0.1) is 0 Å². The first kappa shape index (κ1) is 25.2. The van der Waals surface area contributed by atoms with Crippen LogP contribution < -0.4 is 5.32 Å². The number of carbonyl (C=O) groups is 4. The Morgan fingerprint density at radius 3 is 1.24 bits per heavy atom. The van der Waals surface area contributed by atoms with Crippen LogP contribution in [0.2, 0.25) is 0 Å². The van der Waals surface area contributed by atoms with Gasteiger partial charge in [0.05, 0.1) is 13.2 Å². The number of carboxylic acid groups (broad SMARTS) is 2. The molecule has 0 spiro atoms. The van der Waals surface area contributed by atoms with Crippen molar-refractivity contribution in [2.24, 2.45) is 0 Å².